The lowest BCUT2D eigenvalue weighted by Gasteiger charge is -2.27. The molecule has 3 heteroatoms. The molecular weight excluding hydrogens is 228 g/mol. The zero-order valence-corrected chi connectivity index (χ0v) is 13.1. The molecule has 0 amide bonds. The summed E-state index contributed by atoms with van der Waals surface area (Å²) in [6.45, 7) is 15.2. The summed E-state index contributed by atoms with van der Waals surface area (Å²) in [5.41, 5.74) is -0.343. The van der Waals surface area contributed by atoms with Gasteiger partial charge in [0.25, 0.3) is 0 Å². The molecule has 0 aliphatic carbocycles. The Hall–Kier alpha value is -0.410. The minimum Gasteiger partial charge on any atom is -0.375 e. The second-order valence-electron chi connectivity index (χ2n) is 6.81. The minimum atomic E-state index is -0.171. The van der Waals surface area contributed by atoms with Crippen LogP contribution in [0, 0.1) is 5.92 Å². The van der Waals surface area contributed by atoms with E-state index in [9.17, 15) is 4.79 Å². The maximum Gasteiger partial charge on any atom is 0.133 e. The first kappa shape index (κ1) is 17.6. The molecule has 0 fully saturated rings. The van der Waals surface area contributed by atoms with Crippen LogP contribution in [0.2, 0.25) is 0 Å². The molecule has 0 unspecified atom stereocenters. The van der Waals surface area contributed by atoms with E-state index in [4.69, 9.17) is 9.47 Å². The highest BCUT2D eigenvalue weighted by Crippen LogP contribution is 2.16. The quantitative estimate of drug-likeness (QED) is 0.700. The number of ketones is 1. The van der Waals surface area contributed by atoms with E-state index in [1.54, 1.807) is 0 Å². The molecule has 0 aromatic rings. The largest absolute Gasteiger partial charge is 0.375 e. The number of rotatable bonds is 7. The summed E-state index contributed by atoms with van der Waals surface area (Å²) in [4.78, 5) is 11.6. The van der Waals surface area contributed by atoms with Gasteiger partial charge in [0.2, 0.25) is 0 Å². The van der Waals surface area contributed by atoms with Crippen molar-refractivity contribution in [1.82, 2.24) is 0 Å². The molecule has 0 saturated carbocycles. The van der Waals surface area contributed by atoms with Crippen LogP contribution in [0.3, 0.4) is 0 Å². The standard InChI is InChI=1S/C15H30O3/c1-8-13(16)9-12(10-17-14(2,3)4)11-18-15(5,6)7/h12H,8-11H2,1-7H3. The van der Waals surface area contributed by atoms with Gasteiger partial charge in [-0.15, -0.1) is 0 Å². The van der Waals surface area contributed by atoms with Gasteiger partial charge in [0.05, 0.1) is 24.4 Å². The first-order valence-electron chi connectivity index (χ1n) is 6.83. The third kappa shape index (κ3) is 10.7. The second-order valence-corrected chi connectivity index (χ2v) is 6.81. The molecule has 3 nitrogen and oxygen atoms in total. The molecule has 0 heterocycles. The zero-order valence-electron chi connectivity index (χ0n) is 13.1. The van der Waals surface area contributed by atoms with Crippen LogP contribution in [0.25, 0.3) is 0 Å². The Morgan fingerprint density at radius 2 is 1.33 bits per heavy atom. The Morgan fingerprint density at radius 1 is 0.944 bits per heavy atom. The van der Waals surface area contributed by atoms with Gasteiger partial charge < -0.3 is 9.47 Å². The van der Waals surface area contributed by atoms with Crippen LogP contribution in [-0.2, 0) is 14.3 Å². The molecule has 0 aromatic heterocycles. The Labute approximate surface area is 112 Å². The number of carbonyl (C=O) groups excluding carboxylic acids is 1. The van der Waals surface area contributed by atoms with E-state index in [2.05, 4.69) is 0 Å². The first-order chi connectivity index (χ1) is 8.03. The second kappa shape index (κ2) is 7.25. The van der Waals surface area contributed by atoms with Crippen molar-refractivity contribution >= 4 is 5.78 Å². The van der Waals surface area contributed by atoms with Gasteiger partial charge in [0, 0.05) is 18.8 Å². The highest BCUT2D eigenvalue weighted by Gasteiger charge is 2.20. The van der Waals surface area contributed by atoms with Crippen molar-refractivity contribution in [2.75, 3.05) is 13.2 Å². The van der Waals surface area contributed by atoms with Crippen LogP contribution in [0.5, 0.6) is 0 Å². The highest BCUT2D eigenvalue weighted by atomic mass is 16.5. The fourth-order valence-corrected chi connectivity index (χ4v) is 1.37. The summed E-state index contributed by atoms with van der Waals surface area (Å²) in [6, 6.07) is 0. The van der Waals surface area contributed by atoms with Gasteiger partial charge >= 0.3 is 0 Å². The Bertz CT molecular complexity index is 227. The van der Waals surface area contributed by atoms with Gasteiger partial charge in [-0.3, -0.25) is 4.79 Å². The van der Waals surface area contributed by atoms with E-state index in [1.165, 1.54) is 0 Å². The first-order valence-corrected chi connectivity index (χ1v) is 6.83. The van der Waals surface area contributed by atoms with E-state index >= 15 is 0 Å². The topological polar surface area (TPSA) is 35.5 Å². The fourth-order valence-electron chi connectivity index (χ4n) is 1.37. The summed E-state index contributed by atoms with van der Waals surface area (Å²) in [7, 11) is 0. The monoisotopic (exact) mass is 258 g/mol. The van der Waals surface area contributed by atoms with Crippen LogP contribution in [-0.4, -0.2) is 30.2 Å². The molecule has 0 spiro atoms. The molecular formula is C15H30O3. The number of hydrogen-bond donors (Lipinski definition) is 0. The Morgan fingerprint density at radius 3 is 1.61 bits per heavy atom. The average Bonchev–Trinajstić information content (AvgIpc) is 2.19. The molecule has 18 heavy (non-hydrogen) atoms. The molecule has 0 aliphatic heterocycles. The molecule has 0 bridgehead atoms. The van der Waals surface area contributed by atoms with Gasteiger partial charge in [0.15, 0.2) is 0 Å². The van der Waals surface area contributed by atoms with Gasteiger partial charge in [-0.25, -0.2) is 0 Å². The van der Waals surface area contributed by atoms with E-state index in [-0.39, 0.29) is 22.9 Å². The van der Waals surface area contributed by atoms with Crippen molar-refractivity contribution in [2.24, 2.45) is 5.92 Å². The van der Waals surface area contributed by atoms with E-state index in [0.717, 1.165) is 0 Å². The molecule has 0 aliphatic rings. The summed E-state index contributed by atoms with van der Waals surface area (Å²) < 4.78 is 11.5. The molecule has 0 N–H and O–H groups in total. The minimum absolute atomic E-state index is 0.149. The lowest BCUT2D eigenvalue weighted by molar-refractivity contribution is -0.123. The third-order valence-electron chi connectivity index (χ3n) is 2.41. The van der Waals surface area contributed by atoms with E-state index < -0.39 is 0 Å². The SMILES string of the molecule is CCC(=O)CC(COC(C)(C)C)COC(C)(C)C. The summed E-state index contributed by atoms with van der Waals surface area (Å²) in [5.74, 6) is 0.422. The van der Waals surface area contributed by atoms with Crippen LogP contribution in [0.15, 0.2) is 0 Å². The predicted molar refractivity (Wildman–Crippen MR) is 74.8 cm³/mol. The Balaban J connectivity index is 4.29. The molecule has 0 aromatic carbocycles. The van der Waals surface area contributed by atoms with E-state index in [1.807, 2.05) is 48.5 Å². The predicted octanol–water partition coefficient (Wildman–Crippen LogP) is 3.60. The third-order valence-corrected chi connectivity index (χ3v) is 2.41. The highest BCUT2D eigenvalue weighted by molar-refractivity contribution is 5.78. The average molecular weight is 258 g/mol. The summed E-state index contributed by atoms with van der Waals surface area (Å²) in [5, 5.41) is 0. The molecule has 0 saturated heterocycles. The number of hydrogen-bond acceptors (Lipinski definition) is 3. The van der Waals surface area contributed by atoms with Crippen molar-refractivity contribution in [1.29, 1.82) is 0 Å². The van der Waals surface area contributed by atoms with Gasteiger partial charge in [-0.2, -0.15) is 0 Å². The van der Waals surface area contributed by atoms with Crippen LogP contribution >= 0.6 is 0 Å². The number of Topliss-reactive ketones (excluding diaryl/α,β-unsaturated/α-hetero) is 1. The van der Waals surface area contributed by atoms with Crippen LogP contribution in [0.1, 0.15) is 61.3 Å². The summed E-state index contributed by atoms with van der Waals surface area (Å²) >= 11 is 0. The number of ether oxygens (including phenoxy) is 2. The van der Waals surface area contributed by atoms with Crippen molar-refractivity contribution in [3.8, 4) is 0 Å². The van der Waals surface area contributed by atoms with Crippen molar-refractivity contribution < 1.29 is 14.3 Å². The van der Waals surface area contributed by atoms with Crippen molar-refractivity contribution in [3.05, 3.63) is 0 Å². The lowest BCUT2D eigenvalue weighted by atomic mass is 10.0. The van der Waals surface area contributed by atoms with Crippen molar-refractivity contribution in [2.45, 2.75) is 72.5 Å². The van der Waals surface area contributed by atoms with Crippen LogP contribution < -0.4 is 0 Å². The molecule has 0 rings (SSSR count). The molecule has 0 atom stereocenters. The zero-order chi connectivity index (χ0) is 14.4. The lowest BCUT2D eigenvalue weighted by Crippen LogP contribution is -2.30. The van der Waals surface area contributed by atoms with Gasteiger partial charge in [0.1, 0.15) is 5.78 Å². The van der Waals surface area contributed by atoms with Crippen LogP contribution in [0.4, 0.5) is 0 Å². The van der Waals surface area contributed by atoms with Gasteiger partial charge in [-0.1, -0.05) is 6.92 Å². The van der Waals surface area contributed by atoms with Gasteiger partial charge in [-0.05, 0) is 41.5 Å². The van der Waals surface area contributed by atoms with E-state index in [0.29, 0.717) is 26.1 Å². The smallest absolute Gasteiger partial charge is 0.133 e. The summed E-state index contributed by atoms with van der Waals surface area (Å²) in [6.07, 6.45) is 1.13. The number of carbonyl (C=O) groups is 1. The normalized spacial score (nSPS) is 13.1. The fraction of sp³-hybridized carbons (Fsp3) is 0.933. The maximum absolute atomic E-state index is 11.6. The Kier molecular flexibility index (Phi) is 7.08. The molecule has 0 radical (unpaired) electrons. The maximum atomic E-state index is 11.6. The van der Waals surface area contributed by atoms with Crippen molar-refractivity contribution in [3.63, 3.8) is 0 Å². The molecule has 108 valence electrons.